The Kier molecular flexibility index (Phi) is 112. The van der Waals surface area contributed by atoms with Gasteiger partial charge in [0.2, 0.25) is 0 Å². The van der Waals surface area contributed by atoms with Crippen molar-refractivity contribution in [2.75, 3.05) is 0 Å². The third-order valence-electron chi connectivity index (χ3n) is 4.56. The molecule has 0 amide bonds. The molecule has 0 heterocycles. The Labute approximate surface area is 296 Å². The van der Waals surface area contributed by atoms with Gasteiger partial charge in [-0.2, -0.15) is 0 Å². The number of hydrogen-bond acceptors (Lipinski definition) is 0. The smallest absolute Gasteiger partial charge is 0.0228 e. The van der Waals surface area contributed by atoms with E-state index in [1.807, 2.05) is 153 Å². The van der Waals surface area contributed by atoms with E-state index in [1.54, 1.807) is 0 Å². The van der Waals surface area contributed by atoms with E-state index in [0.717, 1.165) is 0 Å². The highest BCUT2D eigenvalue weighted by Crippen LogP contribution is 2.18. The Morgan fingerprint density at radius 3 is 1.04 bits per heavy atom. The molecule has 0 heteroatoms. The van der Waals surface area contributed by atoms with Crippen LogP contribution in [-0.2, 0) is 6.42 Å². The molecule has 0 atom stereocenters. The zero-order valence-corrected chi connectivity index (χ0v) is 32.7. The van der Waals surface area contributed by atoms with Gasteiger partial charge in [-0.15, -0.1) is 0 Å². The van der Waals surface area contributed by atoms with Crippen molar-refractivity contribution in [1.29, 1.82) is 0 Å². The molecule has 3 aromatic rings. The van der Waals surface area contributed by atoms with Gasteiger partial charge in [0.25, 0.3) is 0 Å². The van der Waals surface area contributed by atoms with Gasteiger partial charge in [-0.05, 0) is 55.9 Å². The van der Waals surface area contributed by atoms with Crippen molar-refractivity contribution in [2.45, 2.75) is 167 Å². The minimum absolute atomic E-state index is 0. The molecule has 0 spiro atoms. The van der Waals surface area contributed by atoms with Crippen LogP contribution in [0.15, 0.2) is 103 Å². The molecule has 0 aliphatic heterocycles. The molecule has 1 aliphatic carbocycles. The fourth-order valence-corrected chi connectivity index (χ4v) is 2.74. The topological polar surface area (TPSA) is 0 Å². The van der Waals surface area contributed by atoms with E-state index in [4.69, 9.17) is 0 Å². The van der Waals surface area contributed by atoms with Gasteiger partial charge < -0.3 is 0 Å². The summed E-state index contributed by atoms with van der Waals surface area (Å²) in [5.74, 6) is 0. The van der Waals surface area contributed by atoms with E-state index in [2.05, 4.69) is 81.5 Å². The van der Waals surface area contributed by atoms with Gasteiger partial charge in [-0.1, -0.05) is 242 Å². The van der Waals surface area contributed by atoms with Crippen molar-refractivity contribution >= 4 is 11.6 Å². The molecule has 0 bridgehead atoms. The number of hydrogen-bond donors (Lipinski definition) is 0. The van der Waals surface area contributed by atoms with Gasteiger partial charge in [0.05, 0.1) is 0 Å². The minimum atomic E-state index is 0. The Morgan fingerprint density at radius 2 is 0.717 bits per heavy atom. The lowest BCUT2D eigenvalue weighted by Gasteiger charge is -2.07. The van der Waals surface area contributed by atoms with Crippen molar-refractivity contribution in [3.8, 4) is 0 Å². The van der Waals surface area contributed by atoms with Crippen LogP contribution in [0.25, 0.3) is 11.6 Å². The summed E-state index contributed by atoms with van der Waals surface area (Å²) in [5.41, 5.74) is 6.98. The van der Waals surface area contributed by atoms with Crippen LogP contribution < -0.4 is 0 Å². The third kappa shape index (κ3) is 48.1. The molecule has 0 fully saturated rings. The van der Waals surface area contributed by atoms with Crippen LogP contribution in [0.3, 0.4) is 0 Å². The third-order valence-corrected chi connectivity index (χ3v) is 4.56. The van der Waals surface area contributed by atoms with Crippen LogP contribution in [0.1, 0.15) is 177 Å². The molecule has 0 radical (unpaired) electrons. The lowest BCUT2D eigenvalue weighted by molar-refractivity contribution is 0.986. The van der Waals surface area contributed by atoms with E-state index in [-0.39, 0.29) is 22.3 Å². The van der Waals surface area contributed by atoms with Crippen molar-refractivity contribution in [3.63, 3.8) is 0 Å². The molecule has 0 nitrogen and oxygen atoms in total. The van der Waals surface area contributed by atoms with Gasteiger partial charge in [0, 0.05) is 0 Å². The first-order chi connectivity index (χ1) is 21.2. The fraction of sp³-hybridized carbons (Fsp3) is 0.522. The summed E-state index contributed by atoms with van der Waals surface area (Å²) in [6.45, 7) is 38.4. The summed E-state index contributed by atoms with van der Waals surface area (Å²) in [7, 11) is 0. The highest BCUT2D eigenvalue weighted by Gasteiger charge is 2.00. The lowest BCUT2D eigenvalue weighted by atomic mass is 9.98. The van der Waals surface area contributed by atoms with E-state index < -0.39 is 0 Å². The first kappa shape index (κ1) is 69.8. The first-order valence-electron chi connectivity index (χ1n) is 17.6. The Bertz CT molecular complexity index is 809. The molecule has 0 saturated heterocycles. The molecule has 0 aromatic heterocycles. The summed E-state index contributed by atoms with van der Waals surface area (Å²) in [5, 5.41) is 0. The predicted octanol–water partition coefficient (Wildman–Crippen LogP) is 18.0. The van der Waals surface area contributed by atoms with Crippen molar-refractivity contribution in [3.05, 3.63) is 119 Å². The average molecular weight is 643 g/mol. The predicted molar refractivity (Wildman–Crippen MR) is 232 cm³/mol. The maximum Gasteiger partial charge on any atom is -0.0228 e. The highest BCUT2D eigenvalue weighted by atomic mass is 14.1. The van der Waals surface area contributed by atoms with Crippen LogP contribution >= 0.6 is 0 Å². The summed E-state index contributed by atoms with van der Waals surface area (Å²) in [6.07, 6.45) is 6.87. The van der Waals surface area contributed by atoms with Gasteiger partial charge in [-0.25, -0.2) is 0 Å². The second-order valence-corrected chi connectivity index (χ2v) is 6.79. The van der Waals surface area contributed by atoms with E-state index >= 15 is 0 Å². The maximum absolute atomic E-state index is 2.24. The zero-order valence-electron chi connectivity index (χ0n) is 32.7. The Morgan fingerprint density at radius 1 is 0.413 bits per heavy atom. The van der Waals surface area contributed by atoms with E-state index in [0.29, 0.717) is 0 Å². The first-order valence-corrected chi connectivity index (χ1v) is 17.6. The molecule has 1 aliphatic rings. The highest BCUT2D eigenvalue weighted by molar-refractivity contribution is 5.65. The van der Waals surface area contributed by atoms with Crippen LogP contribution in [0.5, 0.6) is 0 Å². The quantitative estimate of drug-likeness (QED) is 0.248. The monoisotopic (exact) mass is 643 g/mol. The fourth-order valence-electron chi connectivity index (χ4n) is 2.74. The molecule has 274 valence electrons. The molecular weight excluding hydrogens is 553 g/mol. The normalized spacial score (nSPS) is 7.54. The van der Waals surface area contributed by atoms with Crippen LogP contribution in [-0.4, -0.2) is 0 Å². The molecule has 3 aromatic carbocycles. The summed E-state index contributed by atoms with van der Waals surface area (Å²) in [6, 6.07) is 31.0. The standard InChI is InChI=1S/C11H14.C10H10.C6H6.8C2H6.3CH4/c1-9(2)10(3)11-7-5-4-6-8-11;1-2-6-10-8-4-3-7-9(10)5-1;1-2-4-6-5-3-1;8*1-2;;;/h4-8H,1-3H3;1-3,5-7H,4,8H2;1-6H;8*1-2H3;3*1H4. The number of rotatable bonds is 1. The molecule has 46 heavy (non-hydrogen) atoms. The van der Waals surface area contributed by atoms with Crippen molar-refractivity contribution in [1.82, 2.24) is 0 Å². The second-order valence-electron chi connectivity index (χ2n) is 6.79. The minimum Gasteiger partial charge on any atom is -0.0836 e. The lowest BCUT2D eigenvalue weighted by Crippen LogP contribution is -1.91. The summed E-state index contributed by atoms with van der Waals surface area (Å²) >= 11 is 0. The molecule has 0 unspecified atom stereocenters. The Hall–Kier alpha value is -2.86. The van der Waals surface area contributed by atoms with Crippen LogP contribution in [0.2, 0.25) is 0 Å². The SMILES string of the molecule is C.C.C.C1=Cc2ccccc2CC1.CC.CC.CC.CC.CC.CC.CC.CC.CC(C)=C(C)c1ccccc1.c1ccccc1. The number of aryl methyl sites for hydroxylation is 1. The van der Waals surface area contributed by atoms with Gasteiger partial charge in [-0.3, -0.25) is 0 Å². The average Bonchev–Trinajstić information content (AvgIpc) is 3.16. The molecule has 4 rings (SSSR count). The van der Waals surface area contributed by atoms with Gasteiger partial charge in [0.1, 0.15) is 0 Å². The van der Waals surface area contributed by atoms with Crippen LogP contribution in [0, 0.1) is 0 Å². The largest absolute Gasteiger partial charge is 0.0836 e. The number of allylic oxidation sites excluding steroid dienone is 3. The van der Waals surface area contributed by atoms with Gasteiger partial charge in [0.15, 0.2) is 0 Å². The number of fused-ring (bicyclic) bond motifs is 1. The van der Waals surface area contributed by atoms with Crippen LogP contribution in [0.4, 0.5) is 0 Å². The summed E-state index contributed by atoms with van der Waals surface area (Å²) in [4.78, 5) is 0. The van der Waals surface area contributed by atoms with E-state index in [1.165, 1.54) is 40.7 Å². The Balaban J connectivity index is -0.0000000428. The molecule has 0 N–H and O–H groups in total. The second kappa shape index (κ2) is 73.6. The zero-order chi connectivity index (χ0) is 35.3. The van der Waals surface area contributed by atoms with E-state index in [9.17, 15) is 0 Å². The summed E-state index contributed by atoms with van der Waals surface area (Å²) < 4.78 is 0. The number of benzene rings is 3. The molecular formula is C46H90. The van der Waals surface area contributed by atoms with Gasteiger partial charge >= 0.3 is 0 Å². The van der Waals surface area contributed by atoms with Crippen molar-refractivity contribution in [2.24, 2.45) is 0 Å². The molecule has 0 saturated carbocycles. The maximum atomic E-state index is 2.24. The van der Waals surface area contributed by atoms with Crippen molar-refractivity contribution < 1.29 is 0 Å².